The van der Waals surface area contributed by atoms with E-state index in [1.807, 2.05) is 30.3 Å². The van der Waals surface area contributed by atoms with Crippen molar-refractivity contribution >= 4 is 5.91 Å². The highest BCUT2D eigenvalue weighted by atomic mass is 16.3. The Morgan fingerprint density at radius 1 is 1.24 bits per heavy atom. The summed E-state index contributed by atoms with van der Waals surface area (Å²) in [5.41, 5.74) is 6.93. The third kappa shape index (κ3) is 4.29. The van der Waals surface area contributed by atoms with Gasteiger partial charge in [-0.3, -0.25) is 4.79 Å². The first-order valence-electron chi connectivity index (χ1n) is 7.90. The van der Waals surface area contributed by atoms with Crippen LogP contribution < -0.4 is 5.73 Å². The summed E-state index contributed by atoms with van der Waals surface area (Å²) >= 11 is 0. The molecule has 2 unspecified atom stereocenters. The molecule has 1 aromatic carbocycles. The second-order valence-corrected chi connectivity index (χ2v) is 5.86. The van der Waals surface area contributed by atoms with Crippen LogP contribution in [0.1, 0.15) is 31.2 Å². The van der Waals surface area contributed by atoms with E-state index in [-0.39, 0.29) is 18.4 Å². The molecule has 2 atom stereocenters. The number of carbonyl (C=O) groups excluding carboxylic acids is 1. The van der Waals surface area contributed by atoms with E-state index in [1.165, 1.54) is 6.42 Å². The van der Waals surface area contributed by atoms with Crippen molar-refractivity contribution in [1.82, 2.24) is 4.90 Å². The van der Waals surface area contributed by atoms with E-state index in [2.05, 4.69) is 0 Å². The minimum absolute atomic E-state index is 0.00140. The summed E-state index contributed by atoms with van der Waals surface area (Å²) < 4.78 is 0. The van der Waals surface area contributed by atoms with Gasteiger partial charge < -0.3 is 15.7 Å². The fraction of sp³-hybridized carbons (Fsp3) is 0.588. The molecule has 2 rings (SSSR count). The van der Waals surface area contributed by atoms with E-state index in [9.17, 15) is 9.90 Å². The van der Waals surface area contributed by atoms with E-state index in [0.717, 1.165) is 24.8 Å². The van der Waals surface area contributed by atoms with Gasteiger partial charge in [0.2, 0.25) is 5.91 Å². The third-order valence-corrected chi connectivity index (χ3v) is 4.43. The van der Waals surface area contributed by atoms with E-state index in [4.69, 9.17) is 5.73 Å². The van der Waals surface area contributed by atoms with E-state index >= 15 is 0 Å². The Bertz CT molecular complexity index is 436. The van der Waals surface area contributed by atoms with Crippen LogP contribution in [0, 0.1) is 11.8 Å². The lowest BCUT2D eigenvalue weighted by atomic mass is 9.78. The van der Waals surface area contributed by atoms with Gasteiger partial charge >= 0.3 is 0 Å². The zero-order valence-electron chi connectivity index (χ0n) is 12.6. The van der Waals surface area contributed by atoms with Gasteiger partial charge in [-0.1, -0.05) is 43.2 Å². The van der Waals surface area contributed by atoms with Gasteiger partial charge in [-0.05, 0) is 30.9 Å². The van der Waals surface area contributed by atoms with Crippen LogP contribution >= 0.6 is 0 Å². The molecule has 116 valence electrons. The van der Waals surface area contributed by atoms with Gasteiger partial charge in [0, 0.05) is 19.0 Å². The molecular formula is C17H26N2O2. The molecule has 1 saturated carbocycles. The SMILES string of the molecule is NCC1CCCCC1C(=O)N(CCO)Cc1ccccc1. The van der Waals surface area contributed by atoms with Crippen LogP contribution in [0.3, 0.4) is 0 Å². The number of carbonyl (C=O) groups is 1. The number of nitrogens with two attached hydrogens (primary N) is 1. The zero-order valence-corrected chi connectivity index (χ0v) is 12.6. The maximum atomic E-state index is 12.8. The maximum absolute atomic E-state index is 12.8. The van der Waals surface area contributed by atoms with Crippen molar-refractivity contribution in [2.24, 2.45) is 17.6 Å². The molecule has 1 fully saturated rings. The topological polar surface area (TPSA) is 66.6 Å². The van der Waals surface area contributed by atoms with Gasteiger partial charge in [0.25, 0.3) is 0 Å². The summed E-state index contributed by atoms with van der Waals surface area (Å²) in [5, 5.41) is 9.27. The minimum atomic E-state index is -0.00140. The first-order chi connectivity index (χ1) is 10.3. The van der Waals surface area contributed by atoms with Crippen molar-refractivity contribution < 1.29 is 9.90 Å². The monoisotopic (exact) mass is 290 g/mol. The second kappa shape index (κ2) is 8.15. The van der Waals surface area contributed by atoms with Crippen molar-refractivity contribution in [2.75, 3.05) is 19.7 Å². The second-order valence-electron chi connectivity index (χ2n) is 5.86. The summed E-state index contributed by atoms with van der Waals surface area (Å²) in [7, 11) is 0. The molecule has 0 bridgehead atoms. The number of nitrogens with zero attached hydrogens (tertiary/aromatic N) is 1. The number of hydrogen-bond acceptors (Lipinski definition) is 3. The smallest absolute Gasteiger partial charge is 0.226 e. The number of benzene rings is 1. The number of aliphatic hydroxyl groups excluding tert-OH is 1. The van der Waals surface area contributed by atoms with Crippen molar-refractivity contribution in [3.8, 4) is 0 Å². The van der Waals surface area contributed by atoms with Crippen LogP contribution in [-0.2, 0) is 11.3 Å². The van der Waals surface area contributed by atoms with Gasteiger partial charge in [-0.2, -0.15) is 0 Å². The van der Waals surface area contributed by atoms with Gasteiger partial charge in [0.15, 0.2) is 0 Å². The molecule has 1 amide bonds. The molecule has 0 aliphatic heterocycles. The standard InChI is InChI=1S/C17H26N2O2/c18-12-15-8-4-5-9-16(15)17(21)19(10-11-20)13-14-6-2-1-3-7-14/h1-3,6-7,15-16,20H,4-5,8-13,18H2. The van der Waals surface area contributed by atoms with Crippen LogP contribution in [0.5, 0.6) is 0 Å². The Kier molecular flexibility index (Phi) is 6.21. The normalized spacial score (nSPS) is 22.0. The summed E-state index contributed by atoms with van der Waals surface area (Å²) in [6, 6.07) is 9.94. The molecule has 0 radical (unpaired) electrons. The highest BCUT2D eigenvalue weighted by molar-refractivity contribution is 5.79. The quantitative estimate of drug-likeness (QED) is 0.839. The highest BCUT2D eigenvalue weighted by Crippen LogP contribution is 2.31. The Labute approximate surface area is 126 Å². The van der Waals surface area contributed by atoms with E-state index in [1.54, 1.807) is 4.90 Å². The molecule has 1 aliphatic carbocycles. The summed E-state index contributed by atoms with van der Waals surface area (Å²) in [6.45, 7) is 1.53. The average Bonchev–Trinajstić information content (AvgIpc) is 2.54. The van der Waals surface area contributed by atoms with Crippen LogP contribution in [0.2, 0.25) is 0 Å². The molecule has 4 heteroatoms. The molecular weight excluding hydrogens is 264 g/mol. The van der Waals surface area contributed by atoms with Crippen molar-refractivity contribution in [2.45, 2.75) is 32.2 Å². The average molecular weight is 290 g/mol. The van der Waals surface area contributed by atoms with Gasteiger partial charge in [-0.15, -0.1) is 0 Å². The molecule has 0 heterocycles. The first kappa shape index (κ1) is 16.0. The number of amides is 1. The van der Waals surface area contributed by atoms with Crippen LogP contribution in [0.4, 0.5) is 0 Å². The van der Waals surface area contributed by atoms with Crippen LogP contribution in [0.15, 0.2) is 30.3 Å². The lowest BCUT2D eigenvalue weighted by molar-refractivity contribution is -0.139. The molecule has 0 saturated heterocycles. The van der Waals surface area contributed by atoms with E-state index < -0.39 is 0 Å². The van der Waals surface area contributed by atoms with Gasteiger partial charge in [0.1, 0.15) is 0 Å². The van der Waals surface area contributed by atoms with Crippen LogP contribution in [-0.4, -0.2) is 35.6 Å². The Morgan fingerprint density at radius 2 is 1.95 bits per heavy atom. The maximum Gasteiger partial charge on any atom is 0.226 e. The Balaban J connectivity index is 2.07. The number of hydrogen-bond donors (Lipinski definition) is 2. The first-order valence-corrected chi connectivity index (χ1v) is 7.90. The fourth-order valence-electron chi connectivity index (χ4n) is 3.24. The fourth-order valence-corrected chi connectivity index (χ4v) is 3.24. The molecule has 0 aromatic heterocycles. The third-order valence-electron chi connectivity index (χ3n) is 4.43. The predicted octanol–water partition coefficient (Wildman–Crippen LogP) is 1.77. The molecule has 21 heavy (non-hydrogen) atoms. The largest absolute Gasteiger partial charge is 0.395 e. The van der Waals surface area contributed by atoms with Crippen LogP contribution in [0.25, 0.3) is 0 Å². The van der Waals surface area contributed by atoms with Crippen molar-refractivity contribution in [1.29, 1.82) is 0 Å². The summed E-state index contributed by atoms with van der Waals surface area (Å²) in [5.74, 6) is 0.477. The summed E-state index contributed by atoms with van der Waals surface area (Å²) in [6.07, 6.45) is 4.25. The molecule has 4 nitrogen and oxygen atoms in total. The molecule has 1 aromatic rings. The summed E-state index contributed by atoms with van der Waals surface area (Å²) in [4.78, 5) is 14.6. The van der Waals surface area contributed by atoms with Gasteiger partial charge in [0.05, 0.1) is 6.61 Å². The zero-order chi connectivity index (χ0) is 15.1. The van der Waals surface area contributed by atoms with E-state index in [0.29, 0.717) is 25.6 Å². The highest BCUT2D eigenvalue weighted by Gasteiger charge is 2.32. The number of aliphatic hydroxyl groups is 1. The molecule has 3 N–H and O–H groups in total. The number of rotatable bonds is 6. The van der Waals surface area contributed by atoms with Crippen molar-refractivity contribution in [3.63, 3.8) is 0 Å². The lowest BCUT2D eigenvalue weighted by Crippen LogP contribution is -2.43. The molecule has 0 spiro atoms. The van der Waals surface area contributed by atoms with Gasteiger partial charge in [-0.25, -0.2) is 0 Å². The molecule has 1 aliphatic rings. The predicted molar refractivity (Wildman–Crippen MR) is 83.4 cm³/mol. The Hall–Kier alpha value is -1.39. The lowest BCUT2D eigenvalue weighted by Gasteiger charge is -2.34. The Morgan fingerprint density at radius 3 is 2.62 bits per heavy atom. The minimum Gasteiger partial charge on any atom is -0.395 e. The van der Waals surface area contributed by atoms with Crippen molar-refractivity contribution in [3.05, 3.63) is 35.9 Å².